The van der Waals surface area contributed by atoms with Gasteiger partial charge in [-0.05, 0) is 18.6 Å². The van der Waals surface area contributed by atoms with Crippen LogP contribution in [-0.2, 0) is 4.79 Å². The van der Waals surface area contributed by atoms with Crippen LogP contribution in [0.3, 0.4) is 0 Å². The molecule has 90 valence electrons. The molecule has 1 atom stereocenters. The van der Waals surface area contributed by atoms with Crippen LogP contribution in [0.5, 0.6) is 0 Å². The Morgan fingerprint density at radius 2 is 1.94 bits per heavy atom. The number of carbonyl (C=O) groups excluding carboxylic acids is 1. The van der Waals surface area contributed by atoms with Gasteiger partial charge in [0.1, 0.15) is 0 Å². The van der Waals surface area contributed by atoms with Gasteiger partial charge >= 0.3 is 0 Å². The van der Waals surface area contributed by atoms with Crippen molar-refractivity contribution in [3.8, 4) is 0 Å². The van der Waals surface area contributed by atoms with Crippen LogP contribution >= 0.6 is 0 Å². The number of anilines is 1. The lowest BCUT2D eigenvalue weighted by Gasteiger charge is -2.19. The molecule has 0 bridgehead atoms. The molecule has 3 rings (SSSR count). The van der Waals surface area contributed by atoms with Gasteiger partial charge in [0, 0.05) is 23.7 Å². The Morgan fingerprint density at radius 3 is 2.67 bits per heavy atom. The predicted octanol–water partition coefficient (Wildman–Crippen LogP) is 3.09. The summed E-state index contributed by atoms with van der Waals surface area (Å²) in [6.45, 7) is 0.687. The summed E-state index contributed by atoms with van der Waals surface area (Å²) < 4.78 is 0. The highest BCUT2D eigenvalue weighted by molar-refractivity contribution is 6.08. The summed E-state index contributed by atoms with van der Waals surface area (Å²) in [4.78, 5) is 14.2. The molecule has 0 saturated carbocycles. The Kier molecular flexibility index (Phi) is 2.85. The van der Waals surface area contributed by atoms with Crippen molar-refractivity contribution in [3.05, 3.63) is 66.3 Å². The van der Waals surface area contributed by atoms with Crippen LogP contribution in [0.1, 0.15) is 6.42 Å². The van der Waals surface area contributed by atoms with Gasteiger partial charge < -0.3 is 4.90 Å². The van der Waals surface area contributed by atoms with E-state index < -0.39 is 0 Å². The number of rotatable bonds is 2. The Hall–Kier alpha value is -2.09. The van der Waals surface area contributed by atoms with Crippen LogP contribution in [0.25, 0.3) is 0 Å². The summed E-state index contributed by atoms with van der Waals surface area (Å²) in [5.74, 6) is 0.391. The fourth-order valence-electron chi connectivity index (χ4n) is 2.47. The Labute approximate surface area is 107 Å². The molecule has 1 unspecified atom stereocenters. The molecule has 1 aromatic carbocycles. The standard InChI is InChI=1S/C16H15NO/c18-16-15(13-7-3-1-4-8-13)11-12-17(16)14-9-5-2-6-10-14/h1-7,9-11,13H,8,12H2. The van der Waals surface area contributed by atoms with Crippen LogP contribution in [0.2, 0.25) is 0 Å². The molecular formula is C16H15NO. The second-order valence-electron chi connectivity index (χ2n) is 4.57. The van der Waals surface area contributed by atoms with E-state index in [0.29, 0.717) is 6.54 Å². The van der Waals surface area contributed by atoms with Gasteiger partial charge in [0.2, 0.25) is 0 Å². The fourth-order valence-corrected chi connectivity index (χ4v) is 2.47. The zero-order valence-corrected chi connectivity index (χ0v) is 10.1. The van der Waals surface area contributed by atoms with E-state index in [2.05, 4.69) is 18.2 Å². The number of hydrogen-bond donors (Lipinski definition) is 0. The van der Waals surface area contributed by atoms with Crippen molar-refractivity contribution in [1.29, 1.82) is 0 Å². The third-order valence-corrected chi connectivity index (χ3v) is 3.43. The summed E-state index contributed by atoms with van der Waals surface area (Å²) >= 11 is 0. The monoisotopic (exact) mass is 237 g/mol. The summed E-state index contributed by atoms with van der Waals surface area (Å²) in [6.07, 6.45) is 11.3. The molecule has 2 nitrogen and oxygen atoms in total. The molecule has 1 amide bonds. The van der Waals surface area contributed by atoms with E-state index in [1.54, 1.807) is 0 Å². The molecule has 0 radical (unpaired) electrons. The number of para-hydroxylation sites is 1. The van der Waals surface area contributed by atoms with Gasteiger partial charge in [-0.1, -0.05) is 48.6 Å². The summed E-state index contributed by atoms with van der Waals surface area (Å²) in [6, 6.07) is 9.84. The fraction of sp³-hybridized carbons (Fsp3) is 0.188. The van der Waals surface area contributed by atoms with Crippen molar-refractivity contribution in [3.63, 3.8) is 0 Å². The van der Waals surface area contributed by atoms with Crippen molar-refractivity contribution < 1.29 is 4.79 Å². The van der Waals surface area contributed by atoms with Crippen LogP contribution in [0, 0.1) is 5.92 Å². The highest BCUT2D eigenvalue weighted by atomic mass is 16.2. The van der Waals surface area contributed by atoms with Crippen LogP contribution in [-0.4, -0.2) is 12.5 Å². The predicted molar refractivity (Wildman–Crippen MR) is 73.3 cm³/mol. The van der Waals surface area contributed by atoms with Crippen molar-refractivity contribution >= 4 is 11.6 Å². The third kappa shape index (κ3) is 1.90. The van der Waals surface area contributed by atoms with E-state index in [1.165, 1.54) is 0 Å². The molecule has 18 heavy (non-hydrogen) atoms. The van der Waals surface area contributed by atoms with E-state index in [-0.39, 0.29) is 11.8 Å². The van der Waals surface area contributed by atoms with E-state index in [0.717, 1.165) is 17.7 Å². The second-order valence-corrected chi connectivity index (χ2v) is 4.57. The van der Waals surface area contributed by atoms with Gasteiger partial charge in [-0.25, -0.2) is 0 Å². The first-order valence-electron chi connectivity index (χ1n) is 6.26. The van der Waals surface area contributed by atoms with Gasteiger partial charge in [0.15, 0.2) is 0 Å². The number of amides is 1. The average molecular weight is 237 g/mol. The number of allylic oxidation sites excluding steroid dienone is 4. The molecule has 0 N–H and O–H groups in total. The minimum Gasteiger partial charge on any atom is -0.305 e. The maximum Gasteiger partial charge on any atom is 0.254 e. The number of hydrogen-bond acceptors (Lipinski definition) is 1. The molecule has 0 aromatic heterocycles. The van der Waals surface area contributed by atoms with Crippen molar-refractivity contribution in [2.45, 2.75) is 6.42 Å². The van der Waals surface area contributed by atoms with Crippen LogP contribution in [0.15, 0.2) is 66.3 Å². The Morgan fingerprint density at radius 1 is 1.11 bits per heavy atom. The zero-order valence-electron chi connectivity index (χ0n) is 10.1. The Balaban J connectivity index is 1.80. The van der Waals surface area contributed by atoms with E-state index in [1.807, 2.05) is 47.4 Å². The van der Waals surface area contributed by atoms with Gasteiger partial charge in [-0.2, -0.15) is 0 Å². The first-order chi connectivity index (χ1) is 8.86. The van der Waals surface area contributed by atoms with Gasteiger partial charge in [0.25, 0.3) is 5.91 Å². The maximum atomic E-state index is 12.4. The maximum absolute atomic E-state index is 12.4. The highest BCUT2D eigenvalue weighted by Gasteiger charge is 2.29. The van der Waals surface area contributed by atoms with Gasteiger partial charge in [-0.3, -0.25) is 4.79 Å². The normalized spacial score (nSPS) is 22.4. The van der Waals surface area contributed by atoms with Crippen LogP contribution in [0.4, 0.5) is 5.69 Å². The van der Waals surface area contributed by atoms with E-state index >= 15 is 0 Å². The minimum atomic E-state index is 0.145. The molecule has 1 aromatic rings. The minimum absolute atomic E-state index is 0.145. The molecule has 0 saturated heterocycles. The topological polar surface area (TPSA) is 20.3 Å². The largest absolute Gasteiger partial charge is 0.305 e. The molecular weight excluding hydrogens is 222 g/mol. The molecule has 0 fully saturated rings. The van der Waals surface area contributed by atoms with Crippen molar-refractivity contribution in [2.24, 2.45) is 5.92 Å². The quantitative estimate of drug-likeness (QED) is 0.774. The highest BCUT2D eigenvalue weighted by Crippen LogP contribution is 2.29. The third-order valence-electron chi connectivity index (χ3n) is 3.43. The second kappa shape index (κ2) is 4.65. The molecule has 1 heterocycles. The summed E-state index contributed by atoms with van der Waals surface area (Å²) in [5.41, 5.74) is 1.91. The molecule has 2 heteroatoms. The first-order valence-corrected chi connectivity index (χ1v) is 6.26. The molecule has 2 aliphatic rings. The SMILES string of the molecule is O=C1C(C2C=CC=CC2)=CCN1c1ccccc1. The Bertz CT molecular complexity index is 539. The smallest absolute Gasteiger partial charge is 0.254 e. The lowest BCUT2D eigenvalue weighted by molar-refractivity contribution is -0.114. The summed E-state index contributed by atoms with van der Waals surface area (Å²) in [5, 5.41) is 0. The van der Waals surface area contributed by atoms with Crippen LogP contribution < -0.4 is 4.90 Å². The summed E-state index contributed by atoms with van der Waals surface area (Å²) in [7, 11) is 0. The van der Waals surface area contributed by atoms with Crippen molar-refractivity contribution in [2.75, 3.05) is 11.4 Å². The number of carbonyl (C=O) groups is 1. The van der Waals surface area contributed by atoms with Gasteiger partial charge in [-0.15, -0.1) is 0 Å². The average Bonchev–Trinajstić information content (AvgIpc) is 2.83. The lowest BCUT2D eigenvalue weighted by atomic mass is 9.92. The lowest BCUT2D eigenvalue weighted by Crippen LogP contribution is -2.28. The first kappa shape index (κ1) is 11.0. The molecule has 1 aliphatic heterocycles. The van der Waals surface area contributed by atoms with Gasteiger partial charge in [0.05, 0.1) is 0 Å². The van der Waals surface area contributed by atoms with E-state index in [4.69, 9.17) is 0 Å². The van der Waals surface area contributed by atoms with Crippen molar-refractivity contribution in [1.82, 2.24) is 0 Å². The number of nitrogens with zero attached hydrogens (tertiary/aromatic N) is 1. The van der Waals surface area contributed by atoms with E-state index in [9.17, 15) is 4.79 Å². The molecule has 0 spiro atoms. The molecule has 1 aliphatic carbocycles. The number of benzene rings is 1. The zero-order chi connectivity index (χ0) is 12.4.